The molecule has 82 valence electrons. The highest BCUT2D eigenvalue weighted by Crippen LogP contribution is 2.49. The minimum Gasteiger partial charge on any atom is -0.390 e. The van der Waals surface area contributed by atoms with Crippen LogP contribution in [0.3, 0.4) is 0 Å². The van der Waals surface area contributed by atoms with Crippen molar-refractivity contribution in [1.82, 2.24) is 0 Å². The molecular weight excluding hydrogens is 192 g/mol. The lowest BCUT2D eigenvalue weighted by atomic mass is 9.72. The van der Waals surface area contributed by atoms with Gasteiger partial charge in [-0.25, -0.2) is 0 Å². The number of fused-ring (bicyclic) bond motifs is 1. The number of rotatable bonds is 1. The van der Waals surface area contributed by atoms with Crippen molar-refractivity contribution < 1.29 is 5.11 Å². The first-order valence-electron chi connectivity index (χ1n) is 6.03. The Labute approximate surface area is 91.7 Å². The van der Waals surface area contributed by atoms with E-state index < -0.39 is 0 Å². The molecule has 14 heavy (non-hydrogen) atoms. The van der Waals surface area contributed by atoms with E-state index in [-0.39, 0.29) is 5.60 Å². The molecule has 2 rings (SSSR count). The summed E-state index contributed by atoms with van der Waals surface area (Å²) in [5, 5.41) is 12.0. The molecule has 2 aliphatic rings. The van der Waals surface area contributed by atoms with Crippen LogP contribution in [0.15, 0.2) is 0 Å². The highest BCUT2D eigenvalue weighted by atomic mass is 32.2. The molecule has 4 atom stereocenters. The zero-order valence-corrected chi connectivity index (χ0v) is 10.1. The molecule has 0 unspecified atom stereocenters. The molecule has 1 saturated heterocycles. The van der Waals surface area contributed by atoms with Crippen LogP contribution in [0.25, 0.3) is 0 Å². The zero-order chi connectivity index (χ0) is 10.2. The fraction of sp³-hybridized carbons (Fsp3) is 1.00. The van der Waals surface area contributed by atoms with E-state index >= 15 is 0 Å². The van der Waals surface area contributed by atoms with Crippen LogP contribution in [-0.4, -0.2) is 21.2 Å². The molecule has 1 aliphatic carbocycles. The lowest BCUT2D eigenvalue weighted by Crippen LogP contribution is -2.49. The Kier molecular flexibility index (Phi) is 3.13. The molecule has 1 saturated carbocycles. The molecule has 0 spiro atoms. The van der Waals surface area contributed by atoms with Gasteiger partial charge in [0.15, 0.2) is 0 Å². The van der Waals surface area contributed by atoms with Gasteiger partial charge in [-0.2, -0.15) is 11.8 Å². The lowest BCUT2D eigenvalue weighted by Gasteiger charge is -2.48. The van der Waals surface area contributed by atoms with Crippen LogP contribution in [0.5, 0.6) is 0 Å². The summed E-state index contributed by atoms with van der Waals surface area (Å²) in [4.78, 5) is 0. The highest BCUT2D eigenvalue weighted by molar-refractivity contribution is 8.00. The minimum absolute atomic E-state index is 0.338. The van der Waals surface area contributed by atoms with Crippen molar-refractivity contribution >= 4 is 11.8 Å². The molecule has 2 heteroatoms. The van der Waals surface area contributed by atoms with Gasteiger partial charge < -0.3 is 5.11 Å². The first kappa shape index (κ1) is 10.8. The second-order valence-electron chi connectivity index (χ2n) is 5.04. The molecule has 1 heterocycles. The molecular formula is C12H22OS. The Hall–Kier alpha value is 0.310. The first-order chi connectivity index (χ1) is 6.65. The topological polar surface area (TPSA) is 20.2 Å². The fourth-order valence-corrected chi connectivity index (χ4v) is 5.14. The summed E-state index contributed by atoms with van der Waals surface area (Å²) in [6, 6.07) is 0. The average molecular weight is 214 g/mol. The summed E-state index contributed by atoms with van der Waals surface area (Å²) in [5.41, 5.74) is -0.338. The molecule has 0 amide bonds. The summed E-state index contributed by atoms with van der Waals surface area (Å²) < 4.78 is 0. The molecule has 0 aromatic heterocycles. The van der Waals surface area contributed by atoms with Crippen molar-refractivity contribution in [3.63, 3.8) is 0 Å². The van der Waals surface area contributed by atoms with E-state index in [1.807, 2.05) is 0 Å². The van der Waals surface area contributed by atoms with Crippen molar-refractivity contribution in [2.24, 2.45) is 5.92 Å². The Balaban J connectivity index is 2.15. The van der Waals surface area contributed by atoms with Gasteiger partial charge in [-0.3, -0.25) is 0 Å². The van der Waals surface area contributed by atoms with E-state index in [2.05, 4.69) is 25.6 Å². The molecule has 0 radical (unpaired) electrons. The van der Waals surface area contributed by atoms with Gasteiger partial charge in [0.1, 0.15) is 0 Å². The normalized spacial score (nSPS) is 48.6. The maximum absolute atomic E-state index is 10.6. The van der Waals surface area contributed by atoms with Crippen molar-refractivity contribution in [2.45, 2.75) is 68.5 Å². The quantitative estimate of drug-likeness (QED) is 0.723. The Morgan fingerprint density at radius 1 is 1.36 bits per heavy atom. The molecule has 0 bridgehead atoms. The van der Waals surface area contributed by atoms with Crippen molar-refractivity contribution in [3.8, 4) is 0 Å². The number of hydrogen-bond donors (Lipinski definition) is 1. The second kappa shape index (κ2) is 4.05. The Bertz CT molecular complexity index is 206. The van der Waals surface area contributed by atoms with Gasteiger partial charge in [-0.05, 0) is 31.6 Å². The molecule has 0 aromatic carbocycles. The van der Waals surface area contributed by atoms with Gasteiger partial charge in [0.25, 0.3) is 0 Å². The van der Waals surface area contributed by atoms with Crippen LogP contribution in [0.1, 0.15) is 52.4 Å². The number of hydrogen-bond acceptors (Lipinski definition) is 2. The maximum atomic E-state index is 10.6. The Morgan fingerprint density at radius 3 is 2.79 bits per heavy atom. The lowest BCUT2D eigenvalue weighted by molar-refractivity contribution is -0.0447. The molecule has 2 fully saturated rings. The van der Waals surface area contributed by atoms with E-state index in [9.17, 15) is 5.11 Å². The van der Waals surface area contributed by atoms with E-state index in [0.29, 0.717) is 11.2 Å². The largest absolute Gasteiger partial charge is 0.390 e. The summed E-state index contributed by atoms with van der Waals surface area (Å²) >= 11 is 2.13. The third-order valence-corrected chi connectivity index (χ3v) is 5.60. The summed E-state index contributed by atoms with van der Waals surface area (Å²) in [6.07, 6.45) is 7.25. The van der Waals surface area contributed by atoms with Gasteiger partial charge in [0.05, 0.1) is 5.60 Å². The van der Waals surface area contributed by atoms with E-state index in [0.717, 1.165) is 18.1 Å². The van der Waals surface area contributed by atoms with Gasteiger partial charge in [-0.15, -0.1) is 0 Å². The molecule has 0 aromatic rings. The van der Waals surface area contributed by atoms with E-state index in [4.69, 9.17) is 0 Å². The first-order valence-corrected chi connectivity index (χ1v) is 6.98. The van der Waals surface area contributed by atoms with Gasteiger partial charge in [0, 0.05) is 10.5 Å². The van der Waals surface area contributed by atoms with Crippen LogP contribution in [0, 0.1) is 5.92 Å². The van der Waals surface area contributed by atoms with Gasteiger partial charge in [-0.1, -0.05) is 26.7 Å². The zero-order valence-electron chi connectivity index (χ0n) is 9.33. The third-order valence-electron chi connectivity index (χ3n) is 4.05. The standard InChI is InChI=1S/C12H22OS/c1-3-12(13)8-9(2)14-11-7-5-4-6-10(11)12/h9-11,13H,3-8H2,1-2H3/t9-,10+,11+,12+/m1/s1. The van der Waals surface area contributed by atoms with E-state index in [1.165, 1.54) is 25.7 Å². The molecule has 1 aliphatic heterocycles. The minimum atomic E-state index is -0.338. The SMILES string of the molecule is CC[C@]1(O)C[C@@H](C)S[C@H]2CCCC[C@@H]21. The van der Waals surface area contributed by atoms with Crippen molar-refractivity contribution in [1.29, 1.82) is 0 Å². The number of thioether (sulfide) groups is 1. The van der Waals surface area contributed by atoms with Crippen LogP contribution in [0.2, 0.25) is 0 Å². The fourth-order valence-electron chi connectivity index (χ4n) is 3.28. The van der Waals surface area contributed by atoms with E-state index in [1.54, 1.807) is 0 Å². The maximum Gasteiger partial charge on any atom is 0.0694 e. The summed E-state index contributed by atoms with van der Waals surface area (Å²) in [7, 11) is 0. The monoisotopic (exact) mass is 214 g/mol. The second-order valence-corrected chi connectivity index (χ2v) is 6.72. The predicted molar refractivity (Wildman–Crippen MR) is 62.7 cm³/mol. The van der Waals surface area contributed by atoms with Crippen molar-refractivity contribution in [2.75, 3.05) is 0 Å². The van der Waals surface area contributed by atoms with Crippen LogP contribution >= 0.6 is 11.8 Å². The summed E-state index contributed by atoms with van der Waals surface area (Å²) in [6.45, 7) is 4.42. The average Bonchev–Trinajstić information content (AvgIpc) is 2.17. The highest BCUT2D eigenvalue weighted by Gasteiger charge is 2.46. The molecule has 1 N–H and O–H groups in total. The van der Waals surface area contributed by atoms with Crippen LogP contribution in [-0.2, 0) is 0 Å². The smallest absolute Gasteiger partial charge is 0.0694 e. The third kappa shape index (κ3) is 1.83. The van der Waals surface area contributed by atoms with Crippen LogP contribution in [0.4, 0.5) is 0 Å². The van der Waals surface area contributed by atoms with Crippen LogP contribution < -0.4 is 0 Å². The molecule has 1 nitrogen and oxygen atoms in total. The number of aliphatic hydroxyl groups is 1. The predicted octanol–water partition coefficient (Wildman–Crippen LogP) is 3.21. The van der Waals surface area contributed by atoms with Gasteiger partial charge >= 0.3 is 0 Å². The van der Waals surface area contributed by atoms with Crippen molar-refractivity contribution in [3.05, 3.63) is 0 Å². The Morgan fingerprint density at radius 2 is 2.07 bits per heavy atom. The summed E-state index contributed by atoms with van der Waals surface area (Å²) in [5.74, 6) is 0.586. The van der Waals surface area contributed by atoms with Gasteiger partial charge in [0.2, 0.25) is 0 Å².